The quantitative estimate of drug-likeness (QED) is 0.909. The molecule has 2 atom stereocenters. The van der Waals surface area contributed by atoms with Gasteiger partial charge in [-0.2, -0.15) is 0 Å². The van der Waals surface area contributed by atoms with Gasteiger partial charge in [0.1, 0.15) is 5.82 Å². The molecule has 1 aliphatic heterocycles. The zero-order valence-corrected chi connectivity index (χ0v) is 14.7. The van der Waals surface area contributed by atoms with Crippen LogP contribution in [0.25, 0.3) is 0 Å². The van der Waals surface area contributed by atoms with Crippen LogP contribution in [0.1, 0.15) is 47.7 Å². The van der Waals surface area contributed by atoms with Gasteiger partial charge in [-0.25, -0.2) is 15.0 Å². The molecular weight excluding hydrogens is 328 g/mol. The van der Waals surface area contributed by atoms with Crippen molar-refractivity contribution in [3.05, 3.63) is 41.0 Å². The number of halogens is 1. The van der Waals surface area contributed by atoms with E-state index in [0.717, 1.165) is 5.69 Å². The molecule has 3 rings (SSSR count). The van der Waals surface area contributed by atoms with Gasteiger partial charge in [0.15, 0.2) is 5.69 Å². The van der Waals surface area contributed by atoms with Crippen LogP contribution in [0.5, 0.6) is 0 Å². The van der Waals surface area contributed by atoms with Crippen LogP contribution in [-0.2, 0) is 7.05 Å². The molecule has 2 aromatic heterocycles. The number of likely N-dealkylation sites (tertiary alicyclic amines) is 1. The van der Waals surface area contributed by atoms with Crippen molar-refractivity contribution >= 4 is 17.5 Å². The van der Waals surface area contributed by atoms with E-state index in [1.807, 2.05) is 25.5 Å². The number of nitrogens with two attached hydrogens (primary N) is 1. The van der Waals surface area contributed by atoms with E-state index in [-0.39, 0.29) is 34.5 Å². The van der Waals surface area contributed by atoms with Crippen LogP contribution in [0.2, 0.25) is 5.02 Å². The van der Waals surface area contributed by atoms with Crippen molar-refractivity contribution in [1.82, 2.24) is 24.4 Å². The lowest BCUT2D eigenvalue weighted by Gasteiger charge is -2.17. The molecule has 2 aromatic rings. The molecule has 0 saturated carbocycles. The van der Waals surface area contributed by atoms with Crippen molar-refractivity contribution in [2.24, 2.45) is 12.8 Å². The number of aromatic nitrogens is 4. The number of imidazole rings is 1. The van der Waals surface area contributed by atoms with E-state index in [9.17, 15) is 4.79 Å². The Balaban J connectivity index is 1.84. The number of hydrogen-bond donors (Lipinski definition) is 1. The lowest BCUT2D eigenvalue weighted by molar-refractivity contribution is 0.0782. The third kappa shape index (κ3) is 3.01. The Hall–Kier alpha value is -1.99. The van der Waals surface area contributed by atoms with Gasteiger partial charge < -0.3 is 15.2 Å². The Morgan fingerprint density at radius 1 is 1.38 bits per heavy atom. The standard InChI is InChI=1S/C16H21ClN6O/c1-9(2)15-20-4-11(17)14(21-15)16(24)23-6-10(12(18)7-23)13-5-19-8-22(13)3/h4-5,8-10,12H,6-7,18H2,1-3H3/t10-,12-/m1/s1. The van der Waals surface area contributed by atoms with Crippen molar-refractivity contribution in [1.29, 1.82) is 0 Å². The van der Waals surface area contributed by atoms with Crippen molar-refractivity contribution < 1.29 is 4.79 Å². The number of rotatable bonds is 3. The Labute approximate surface area is 145 Å². The number of carbonyl (C=O) groups is 1. The molecule has 3 heterocycles. The molecule has 1 fully saturated rings. The molecule has 0 bridgehead atoms. The van der Waals surface area contributed by atoms with E-state index in [4.69, 9.17) is 17.3 Å². The molecule has 0 aliphatic carbocycles. The number of aryl methyl sites for hydroxylation is 1. The summed E-state index contributed by atoms with van der Waals surface area (Å²) >= 11 is 6.15. The van der Waals surface area contributed by atoms with Gasteiger partial charge in [0.25, 0.3) is 5.91 Å². The minimum atomic E-state index is -0.204. The Bertz CT molecular complexity index is 759. The number of hydrogen-bond acceptors (Lipinski definition) is 5. The topological polar surface area (TPSA) is 89.9 Å². The van der Waals surface area contributed by atoms with Crippen molar-refractivity contribution in [3.63, 3.8) is 0 Å². The van der Waals surface area contributed by atoms with Gasteiger partial charge in [-0.3, -0.25) is 4.79 Å². The minimum absolute atomic E-state index is 0.0478. The first kappa shape index (κ1) is 16.9. The van der Waals surface area contributed by atoms with Crippen LogP contribution in [0.4, 0.5) is 0 Å². The van der Waals surface area contributed by atoms with E-state index < -0.39 is 0 Å². The average molecular weight is 349 g/mol. The van der Waals surface area contributed by atoms with E-state index in [1.165, 1.54) is 6.20 Å². The summed E-state index contributed by atoms with van der Waals surface area (Å²) in [6.07, 6.45) is 5.03. The highest BCUT2D eigenvalue weighted by atomic mass is 35.5. The zero-order valence-electron chi connectivity index (χ0n) is 14.0. The van der Waals surface area contributed by atoms with Crippen LogP contribution >= 0.6 is 11.6 Å². The summed E-state index contributed by atoms with van der Waals surface area (Å²) in [7, 11) is 1.93. The van der Waals surface area contributed by atoms with E-state index in [2.05, 4.69) is 15.0 Å². The summed E-state index contributed by atoms with van der Waals surface area (Å²) in [6, 6.07) is -0.144. The molecule has 2 N–H and O–H groups in total. The Morgan fingerprint density at radius 2 is 2.12 bits per heavy atom. The van der Waals surface area contributed by atoms with Crippen LogP contribution in [0, 0.1) is 0 Å². The maximum atomic E-state index is 12.9. The molecule has 1 aliphatic rings. The largest absolute Gasteiger partial charge is 0.337 e. The number of amides is 1. The molecule has 1 amide bonds. The van der Waals surface area contributed by atoms with Crippen molar-refractivity contribution in [3.8, 4) is 0 Å². The molecule has 24 heavy (non-hydrogen) atoms. The van der Waals surface area contributed by atoms with Gasteiger partial charge in [-0.15, -0.1) is 0 Å². The Morgan fingerprint density at radius 3 is 2.75 bits per heavy atom. The second-order valence-corrected chi connectivity index (χ2v) is 6.90. The molecule has 1 saturated heterocycles. The summed E-state index contributed by atoms with van der Waals surface area (Å²) in [4.78, 5) is 27.2. The highest BCUT2D eigenvalue weighted by molar-refractivity contribution is 6.33. The van der Waals surface area contributed by atoms with Gasteiger partial charge in [-0.05, 0) is 0 Å². The lowest BCUT2D eigenvalue weighted by atomic mass is 10.0. The van der Waals surface area contributed by atoms with E-state index >= 15 is 0 Å². The van der Waals surface area contributed by atoms with Crippen LogP contribution in [-0.4, -0.2) is 49.5 Å². The molecule has 0 unspecified atom stereocenters. The highest BCUT2D eigenvalue weighted by Crippen LogP contribution is 2.28. The zero-order chi connectivity index (χ0) is 17.4. The summed E-state index contributed by atoms with van der Waals surface area (Å²) in [6.45, 7) is 4.94. The van der Waals surface area contributed by atoms with Gasteiger partial charge in [-0.1, -0.05) is 25.4 Å². The molecule has 7 nitrogen and oxygen atoms in total. The molecular formula is C16H21ClN6O. The molecule has 0 aromatic carbocycles. The van der Waals surface area contributed by atoms with E-state index in [1.54, 1.807) is 17.4 Å². The maximum Gasteiger partial charge on any atom is 0.274 e. The SMILES string of the molecule is CC(C)c1ncc(Cl)c(C(=O)N2C[C@@H](N)[C@H](c3cncn3C)C2)n1. The summed E-state index contributed by atoms with van der Waals surface area (Å²) < 4.78 is 1.94. The normalized spacial score (nSPS) is 20.8. The third-order valence-electron chi connectivity index (χ3n) is 4.37. The second-order valence-electron chi connectivity index (χ2n) is 6.49. The first-order valence-electron chi connectivity index (χ1n) is 7.92. The summed E-state index contributed by atoms with van der Waals surface area (Å²) in [5.74, 6) is 0.572. The van der Waals surface area contributed by atoms with Crippen LogP contribution in [0.15, 0.2) is 18.7 Å². The number of carbonyl (C=O) groups excluding carboxylic acids is 1. The average Bonchev–Trinajstić information content (AvgIpc) is 3.12. The summed E-state index contributed by atoms with van der Waals surface area (Å²) in [5.41, 5.74) is 7.53. The van der Waals surface area contributed by atoms with Crippen molar-refractivity contribution in [2.75, 3.05) is 13.1 Å². The molecule has 0 spiro atoms. The fraction of sp³-hybridized carbons (Fsp3) is 0.500. The van der Waals surface area contributed by atoms with E-state index in [0.29, 0.717) is 18.9 Å². The second kappa shape index (κ2) is 6.49. The molecule has 128 valence electrons. The van der Waals surface area contributed by atoms with Gasteiger partial charge in [0, 0.05) is 49.9 Å². The highest BCUT2D eigenvalue weighted by Gasteiger charge is 2.36. The number of nitrogens with zero attached hydrogens (tertiary/aromatic N) is 5. The van der Waals surface area contributed by atoms with Crippen LogP contribution in [0.3, 0.4) is 0 Å². The predicted molar refractivity (Wildman–Crippen MR) is 91.0 cm³/mol. The fourth-order valence-electron chi connectivity index (χ4n) is 2.99. The first-order valence-corrected chi connectivity index (χ1v) is 8.29. The van der Waals surface area contributed by atoms with Crippen molar-refractivity contribution in [2.45, 2.75) is 31.7 Å². The fourth-order valence-corrected chi connectivity index (χ4v) is 3.16. The Kier molecular flexibility index (Phi) is 4.56. The van der Waals surface area contributed by atoms with Gasteiger partial charge in [0.2, 0.25) is 0 Å². The maximum absolute atomic E-state index is 12.9. The van der Waals surface area contributed by atoms with Gasteiger partial charge in [0.05, 0.1) is 17.5 Å². The van der Waals surface area contributed by atoms with Gasteiger partial charge >= 0.3 is 0 Å². The summed E-state index contributed by atoms with van der Waals surface area (Å²) in [5, 5.41) is 0.266. The molecule has 0 radical (unpaired) electrons. The third-order valence-corrected chi connectivity index (χ3v) is 4.64. The molecule has 8 heteroatoms. The first-order chi connectivity index (χ1) is 11.4. The van der Waals surface area contributed by atoms with Crippen LogP contribution < -0.4 is 5.73 Å². The lowest BCUT2D eigenvalue weighted by Crippen LogP contribution is -2.33. The predicted octanol–water partition coefficient (Wildman–Crippen LogP) is 1.55. The minimum Gasteiger partial charge on any atom is -0.337 e. The smallest absolute Gasteiger partial charge is 0.274 e. The monoisotopic (exact) mass is 348 g/mol.